The molecule has 7 nitrogen and oxygen atoms in total. The zero-order valence-corrected chi connectivity index (χ0v) is 19.3. The van der Waals surface area contributed by atoms with Crippen molar-refractivity contribution in [2.24, 2.45) is 0 Å². The number of benzene rings is 2. The predicted molar refractivity (Wildman–Crippen MR) is 136 cm³/mol. The number of rotatable bonds is 5. The van der Waals surface area contributed by atoms with Gasteiger partial charge in [-0.1, -0.05) is 24.3 Å². The van der Waals surface area contributed by atoms with Gasteiger partial charge in [0.05, 0.1) is 0 Å². The molecule has 2 saturated heterocycles. The van der Waals surface area contributed by atoms with Gasteiger partial charge in [0, 0.05) is 49.3 Å². The Kier molecular flexibility index (Phi) is 6.41. The highest BCUT2D eigenvalue weighted by atomic mass is 15.2. The zero-order chi connectivity index (χ0) is 22.6. The first kappa shape index (κ1) is 21.7. The van der Waals surface area contributed by atoms with Crippen LogP contribution in [0.15, 0.2) is 54.7 Å². The molecular formula is C26H33N7. The SMILES string of the molecule is CN1CCN(c2ccc(-c3cnc(N)nc3Nc3cccc(C4CCNCC4)c3)cc2)CC1. The summed E-state index contributed by atoms with van der Waals surface area (Å²) < 4.78 is 0. The van der Waals surface area contributed by atoms with Gasteiger partial charge in [0.15, 0.2) is 0 Å². The molecule has 2 aliphatic rings. The molecule has 0 amide bonds. The summed E-state index contributed by atoms with van der Waals surface area (Å²) in [5.41, 5.74) is 11.6. The minimum Gasteiger partial charge on any atom is -0.369 e. The van der Waals surface area contributed by atoms with Crippen LogP contribution in [0.3, 0.4) is 0 Å². The quantitative estimate of drug-likeness (QED) is 0.555. The number of piperazine rings is 1. The highest BCUT2D eigenvalue weighted by Crippen LogP contribution is 2.32. The van der Waals surface area contributed by atoms with Crippen molar-refractivity contribution in [1.82, 2.24) is 20.2 Å². The number of anilines is 4. The smallest absolute Gasteiger partial charge is 0.221 e. The third-order valence-corrected chi connectivity index (χ3v) is 6.81. The molecule has 4 N–H and O–H groups in total. The fraction of sp³-hybridized carbons (Fsp3) is 0.385. The van der Waals surface area contributed by atoms with Gasteiger partial charge in [-0.15, -0.1) is 0 Å². The largest absolute Gasteiger partial charge is 0.369 e. The topological polar surface area (TPSA) is 82.3 Å². The Morgan fingerprint density at radius 2 is 1.76 bits per heavy atom. The second-order valence-corrected chi connectivity index (χ2v) is 9.10. The van der Waals surface area contributed by atoms with Gasteiger partial charge in [-0.05, 0) is 74.3 Å². The normalized spacial score (nSPS) is 17.8. The molecule has 1 aromatic heterocycles. The lowest BCUT2D eigenvalue weighted by atomic mass is 9.90. The molecule has 0 unspecified atom stereocenters. The van der Waals surface area contributed by atoms with E-state index in [0.29, 0.717) is 5.92 Å². The molecule has 7 heteroatoms. The molecule has 2 aromatic carbocycles. The van der Waals surface area contributed by atoms with E-state index >= 15 is 0 Å². The van der Waals surface area contributed by atoms with Crippen molar-refractivity contribution < 1.29 is 0 Å². The molecule has 0 bridgehead atoms. The van der Waals surface area contributed by atoms with Gasteiger partial charge in [0.25, 0.3) is 0 Å². The first-order valence-electron chi connectivity index (χ1n) is 11.9. The number of hydrogen-bond donors (Lipinski definition) is 3. The molecule has 172 valence electrons. The van der Waals surface area contributed by atoms with Crippen molar-refractivity contribution in [2.75, 3.05) is 62.3 Å². The van der Waals surface area contributed by atoms with E-state index in [2.05, 4.69) is 86.0 Å². The molecule has 3 aromatic rings. The van der Waals surface area contributed by atoms with Crippen LogP contribution in [0, 0.1) is 0 Å². The Labute approximate surface area is 196 Å². The van der Waals surface area contributed by atoms with Crippen LogP contribution in [0.25, 0.3) is 11.1 Å². The maximum absolute atomic E-state index is 5.96. The Morgan fingerprint density at radius 1 is 1.00 bits per heavy atom. The summed E-state index contributed by atoms with van der Waals surface area (Å²) in [5.74, 6) is 1.60. The molecule has 5 rings (SSSR count). The van der Waals surface area contributed by atoms with Crippen LogP contribution in [0.1, 0.15) is 24.3 Å². The van der Waals surface area contributed by atoms with Gasteiger partial charge in [0.2, 0.25) is 5.95 Å². The molecule has 2 aliphatic heterocycles. The minimum atomic E-state index is 0.268. The lowest BCUT2D eigenvalue weighted by Gasteiger charge is -2.34. The number of hydrogen-bond acceptors (Lipinski definition) is 7. The van der Waals surface area contributed by atoms with Crippen LogP contribution in [0.4, 0.5) is 23.1 Å². The third-order valence-electron chi connectivity index (χ3n) is 6.81. The van der Waals surface area contributed by atoms with Crippen LogP contribution >= 0.6 is 0 Å². The highest BCUT2D eigenvalue weighted by molar-refractivity contribution is 5.79. The number of nitrogen functional groups attached to an aromatic ring is 1. The number of nitrogens with two attached hydrogens (primary N) is 1. The first-order valence-corrected chi connectivity index (χ1v) is 11.9. The Hall–Kier alpha value is -3.16. The molecule has 33 heavy (non-hydrogen) atoms. The van der Waals surface area contributed by atoms with Gasteiger partial charge in [0.1, 0.15) is 5.82 Å². The fourth-order valence-electron chi connectivity index (χ4n) is 4.78. The summed E-state index contributed by atoms with van der Waals surface area (Å²) in [6, 6.07) is 17.4. The number of nitrogens with one attached hydrogen (secondary N) is 2. The maximum atomic E-state index is 5.96. The van der Waals surface area contributed by atoms with Crippen LogP contribution in [-0.4, -0.2) is 61.2 Å². The summed E-state index contributed by atoms with van der Waals surface area (Å²) in [7, 11) is 2.18. The van der Waals surface area contributed by atoms with Crippen LogP contribution in [-0.2, 0) is 0 Å². The van der Waals surface area contributed by atoms with Gasteiger partial charge in [-0.2, -0.15) is 4.98 Å². The van der Waals surface area contributed by atoms with E-state index in [1.807, 2.05) is 6.20 Å². The Bertz CT molecular complexity index is 1070. The number of likely N-dealkylation sites (N-methyl/N-ethyl adjacent to an activating group) is 1. The standard InChI is InChI=1S/C26H33N7/c1-32-13-15-33(16-14-32)23-7-5-20(6-8-23)24-18-29-26(27)31-25(24)30-22-4-2-3-21(17-22)19-9-11-28-12-10-19/h2-8,17-19,28H,9-16H2,1H3,(H3,27,29,30,31). The van der Waals surface area contributed by atoms with Crippen molar-refractivity contribution in [3.63, 3.8) is 0 Å². The van der Waals surface area contributed by atoms with Crippen molar-refractivity contribution in [2.45, 2.75) is 18.8 Å². The van der Waals surface area contributed by atoms with E-state index in [4.69, 9.17) is 5.73 Å². The molecule has 0 atom stereocenters. The van der Waals surface area contributed by atoms with Crippen molar-refractivity contribution >= 4 is 23.1 Å². The summed E-state index contributed by atoms with van der Waals surface area (Å²) in [4.78, 5) is 13.6. The van der Waals surface area contributed by atoms with Crippen molar-refractivity contribution in [3.05, 3.63) is 60.3 Å². The first-order chi connectivity index (χ1) is 16.2. The summed E-state index contributed by atoms with van der Waals surface area (Å²) in [6.45, 7) is 6.47. The summed E-state index contributed by atoms with van der Waals surface area (Å²) in [5, 5.41) is 6.96. The zero-order valence-electron chi connectivity index (χ0n) is 19.3. The molecule has 0 saturated carbocycles. The molecule has 0 spiro atoms. The maximum Gasteiger partial charge on any atom is 0.221 e. The van der Waals surface area contributed by atoms with E-state index in [-0.39, 0.29) is 5.95 Å². The Morgan fingerprint density at radius 3 is 2.52 bits per heavy atom. The summed E-state index contributed by atoms with van der Waals surface area (Å²) in [6.07, 6.45) is 4.16. The monoisotopic (exact) mass is 443 g/mol. The van der Waals surface area contributed by atoms with Crippen LogP contribution < -0.4 is 21.3 Å². The average molecular weight is 444 g/mol. The van der Waals surface area contributed by atoms with Gasteiger partial charge in [-0.3, -0.25) is 0 Å². The van der Waals surface area contributed by atoms with Gasteiger partial charge in [-0.25, -0.2) is 4.98 Å². The van der Waals surface area contributed by atoms with E-state index in [9.17, 15) is 0 Å². The van der Waals surface area contributed by atoms with Gasteiger partial charge < -0.3 is 26.2 Å². The molecular weight excluding hydrogens is 410 g/mol. The van der Waals surface area contributed by atoms with Gasteiger partial charge >= 0.3 is 0 Å². The molecule has 2 fully saturated rings. The van der Waals surface area contributed by atoms with Crippen LogP contribution in [0.2, 0.25) is 0 Å². The van der Waals surface area contributed by atoms with Crippen molar-refractivity contribution in [1.29, 1.82) is 0 Å². The number of aromatic nitrogens is 2. The van der Waals surface area contributed by atoms with E-state index in [1.54, 1.807) is 0 Å². The fourth-order valence-corrected chi connectivity index (χ4v) is 4.78. The second-order valence-electron chi connectivity index (χ2n) is 9.10. The highest BCUT2D eigenvalue weighted by Gasteiger charge is 2.17. The molecule has 0 aliphatic carbocycles. The molecule has 3 heterocycles. The van der Waals surface area contributed by atoms with Crippen LogP contribution in [0.5, 0.6) is 0 Å². The summed E-state index contributed by atoms with van der Waals surface area (Å²) >= 11 is 0. The number of piperidine rings is 1. The average Bonchev–Trinajstić information content (AvgIpc) is 2.86. The second kappa shape index (κ2) is 9.77. The van der Waals surface area contributed by atoms with E-state index < -0.39 is 0 Å². The predicted octanol–water partition coefficient (Wildman–Crippen LogP) is 3.69. The molecule has 0 radical (unpaired) electrons. The van der Waals surface area contributed by atoms with E-state index in [0.717, 1.165) is 61.9 Å². The van der Waals surface area contributed by atoms with Crippen molar-refractivity contribution in [3.8, 4) is 11.1 Å². The Balaban J connectivity index is 1.37. The lowest BCUT2D eigenvalue weighted by molar-refractivity contribution is 0.313. The minimum absolute atomic E-state index is 0.268. The van der Waals surface area contributed by atoms with E-state index in [1.165, 1.54) is 24.1 Å². The lowest BCUT2D eigenvalue weighted by Crippen LogP contribution is -2.44. The third kappa shape index (κ3) is 5.10. The number of nitrogens with zero attached hydrogens (tertiary/aromatic N) is 4.